The van der Waals surface area contributed by atoms with Gasteiger partial charge in [0.2, 0.25) is 10.0 Å². The Balaban J connectivity index is 2.19. The number of nitrogens with one attached hydrogen (secondary N) is 1. The van der Waals surface area contributed by atoms with E-state index >= 15 is 0 Å². The van der Waals surface area contributed by atoms with Gasteiger partial charge in [0.25, 0.3) is 0 Å². The molecule has 1 saturated carbocycles. The Morgan fingerprint density at radius 1 is 1.29 bits per heavy atom. The van der Waals surface area contributed by atoms with Crippen LogP contribution in [0.25, 0.3) is 0 Å². The molecule has 0 radical (unpaired) electrons. The Morgan fingerprint density at radius 3 is 2.53 bits per heavy atom. The lowest BCUT2D eigenvalue weighted by Crippen LogP contribution is -2.25. The van der Waals surface area contributed by atoms with Gasteiger partial charge in [-0.15, -0.1) is 0 Å². The van der Waals surface area contributed by atoms with Crippen molar-refractivity contribution in [2.75, 3.05) is 4.72 Å². The van der Waals surface area contributed by atoms with Crippen molar-refractivity contribution in [3.8, 4) is 5.75 Å². The van der Waals surface area contributed by atoms with Gasteiger partial charge in [0.1, 0.15) is 5.75 Å². The minimum absolute atomic E-state index is 0.145. The summed E-state index contributed by atoms with van der Waals surface area (Å²) in [4.78, 5) is 0. The fourth-order valence-electron chi connectivity index (χ4n) is 2.20. The van der Waals surface area contributed by atoms with Crippen LogP contribution < -0.4 is 4.72 Å². The highest BCUT2D eigenvalue weighted by molar-refractivity contribution is 7.93. The fourth-order valence-corrected chi connectivity index (χ4v) is 3.85. The summed E-state index contributed by atoms with van der Waals surface area (Å²) in [5.74, 6) is 0.145. The second-order valence-electron chi connectivity index (χ2n) is 4.55. The molecule has 5 heteroatoms. The lowest BCUT2D eigenvalue weighted by atomic mass is 10.2. The lowest BCUT2D eigenvalue weighted by Gasteiger charge is -2.15. The molecule has 0 heterocycles. The summed E-state index contributed by atoms with van der Waals surface area (Å²) in [6.45, 7) is 1.77. The van der Waals surface area contributed by atoms with Crippen molar-refractivity contribution in [2.24, 2.45) is 0 Å². The van der Waals surface area contributed by atoms with Crippen molar-refractivity contribution in [1.29, 1.82) is 0 Å². The minimum atomic E-state index is -3.28. The maximum Gasteiger partial charge on any atom is 0.235 e. The van der Waals surface area contributed by atoms with Crippen LogP contribution in [0.3, 0.4) is 0 Å². The van der Waals surface area contributed by atoms with E-state index in [1.165, 1.54) is 6.07 Å². The van der Waals surface area contributed by atoms with E-state index in [4.69, 9.17) is 0 Å². The standard InChI is InChI=1S/C12H17NO3S/c1-9-8-10(14)6-7-12(9)13-17(15,16)11-4-2-3-5-11/h6-8,11,13-14H,2-5H2,1H3. The molecule has 1 aliphatic rings. The van der Waals surface area contributed by atoms with E-state index in [0.717, 1.165) is 31.2 Å². The van der Waals surface area contributed by atoms with Crippen molar-refractivity contribution in [1.82, 2.24) is 0 Å². The van der Waals surface area contributed by atoms with E-state index in [1.807, 2.05) is 0 Å². The van der Waals surface area contributed by atoms with E-state index in [1.54, 1.807) is 19.1 Å². The van der Waals surface area contributed by atoms with E-state index < -0.39 is 10.0 Å². The van der Waals surface area contributed by atoms with Crippen molar-refractivity contribution in [3.05, 3.63) is 23.8 Å². The zero-order chi connectivity index (χ0) is 12.5. The molecule has 4 nitrogen and oxygen atoms in total. The molecular formula is C12H17NO3S. The van der Waals surface area contributed by atoms with Crippen LogP contribution in [0.15, 0.2) is 18.2 Å². The number of benzene rings is 1. The number of phenols is 1. The molecule has 0 amide bonds. The van der Waals surface area contributed by atoms with Gasteiger partial charge in [-0.05, 0) is 43.5 Å². The number of sulfonamides is 1. The van der Waals surface area contributed by atoms with E-state index in [0.29, 0.717) is 5.69 Å². The highest BCUT2D eigenvalue weighted by Crippen LogP contribution is 2.28. The van der Waals surface area contributed by atoms with Gasteiger partial charge in [-0.3, -0.25) is 4.72 Å². The largest absolute Gasteiger partial charge is 0.508 e. The summed E-state index contributed by atoms with van der Waals surface area (Å²) in [5.41, 5.74) is 1.28. The summed E-state index contributed by atoms with van der Waals surface area (Å²) in [6, 6.07) is 4.63. The first-order valence-corrected chi connectivity index (χ1v) is 7.35. The summed E-state index contributed by atoms with van der Waals surface area (Å²) in [5, 5.41) is 9.00. The molecule has 2 N–H and O–H groups in total. The van der Waals surface area contributed by atoms with E-state index in [9.17, 15) is 13.5 Å². The number of rotatable bonds is 3. The van der Waals surface area contributed by atoms with Crippen molar-refractivity contribution >= 4 is 15.7 Å². The molecule has 1 aromatic carbocycles. The molecule has 94 valence electrons. The first-order chi connectivity index (χ1) is 7.99. The molecule has 1 aliphatic carbocycles. The summed E-state index contributed by atoms with van der Waals surface area (Å²) >= 11 is 0. The number of phenolic OH excluding ortho intramolecular Hbond substituents is 1. The molecule has 17 heavy (non-hydrogen) atoms. The lowest BCUT2D eigenvalue weighted by molar-refractivity contribution is 0.475. The average molecular weight is 255 g/mol. The van der Waals surface area contributed by atoms with Crippen LogP contribution in [-0.2, 0) is 10.0 Å². The van der Waals surface area contributed by atoms with Gasteiger partial charge in [-0.25, -0.2) is 8.42 Å². The molecule has 0 aliphatic heterocycles. The molecule has 0 saturated heterocycles. The minimum Gasteiger partial charge on any atom is -0.508 e. The monoisotopic (exact) mass is 255 g/mol. The van der Waals surface area contributed by atoms with Crippen LogP contribution in [0, 0.1) is 6.92 Å². The Labute approximate surface area is 102 Å². The molecule has 0 spiro atoms. The maximum atomic E-state index is 12.1. The van der Waals surface area contributed by atoms with Gasteiger partial charge in [-0.2, -0.15) is 0 Å². The van der Waals surface area contributed by atoms with Gasteiger partial charge in [0.15, 0.2) is 0 Å². The molecule has 0 atom stereocenters. The number of aromatic hydroxyl groups is 1. The van der Waals surface area contributed by atoms with Crippen LogP contribution >= 0.6 is 0 Å². The van der Waals surface area contributed by atoms with E-state index in [2.05, 4.69) is 4.72 Å². The zero-order valence-corrected chi connectivity index (χ0v) is 10.6. The van der Waals surface area contributed by atoms with Crippen LogP contribution in [0.2, 0.25) is 0 Å². The van der Waals surface area contributed by atoms with Gasteiger partial charge < -0.3 is 5.11 Å². The predicted molar refractivity (Wildman–Crippen MR) is 67.6 cm³/mol. The van der Waals surface area contributed by atoms with Crippen molar-refractivity contribution in [3.63, 3.8) is 0 Å². The Morgan fingerprint density at radius 2 is 1.94 bits per heavy atom. The van der Waals surface area contributed by atoms with Gasteiger partial charge >= 0.3 is 0 Å². The van der Waals surface area contributed by atoms with Crippen molar-refractivity contribution < 1.29 is 13.5 Å². The first kappa shape index (κ1) is 12.2. The number of aryl methyl sites for hydroxylation is 1. The second-order valence-corrected chi connectivity index (χ2v) is 6.51. The SMILES string of the molecule is Cc1cc(O)ccc1NS(=O)(=O)C1CCCC1. The summed E-state index contributed by atoms with van der Waals surface area (Å²) in [6.07, 6.45) is 3.46. The molecule has 1 aromatic rings. The number of hydrogen-bond donors (Lipinski definition) is 2. The Bertz CT molecular complexity index is 504. The highest BCUT2D eigenvalue weighted by Gasteiger charge is 2.28. The van der Waals surface area contributed by atoms with Crippen LogP contribution in [0.5, 0.6) is 5.75 Å². The maximum absolute atomic E-state index is 12.1. The molecule has 2 rings (SSSR count). The third-order valence-corrected chi connectivity index (χ3v) is 5.06. The number of hydrogen-bond acceptors (Lipinski definition) is 3. The van der Waals surface area contributed by atoms with Gasteiger partial charge in [0, 0.05) is 0 Å². The van der Waals surface area contributed by atoms with Gasteiger partial charge in [-0.1, -0.05) is 12.8 Å². The van der Waals surface area contributed by atoms with Gasteiger partial charge in [0.05, 0.1) is 10.9 Å². The Kier molecular flexibility index (Phi) is 3.28. The smallest absolute Gasteiger partial charge is 0.235 e. The second kappa shape index (κ2) is 4.56. The van der Waals surface area contributed by atoms with Crippen LogP contribution in [-0.4, -0.2) is 18.8 Å². The van der Waals surface area contributed by atoms with Crippen LogP contribution in [0.1, 0.15) is 31.2 Å². The highest BCUT2D eigenvalue weighted by atomic mass is 32.2. The molecular weight excluding hydrogens is 238 g/mol. The first-order valence-electron chi connectivity index (χ1n) is 5.80. The number of anilines is 1. The predicted octanol–water partition coefficient (Wildman–Crippen LogP) is 2.38. The fraction of sp³-hybridized carbons (Fsp3) is 0.500. The third kappa shape index (κ3) is 2.72. The molecule has 1 fully saturated rings. The molecule has 0 unspecified atom stereocenters. The Hall–Kier alpha value is -1.23. The normalized spacial score (nSPS) is 17.2. The third-order valence-electron chi connectivity index (χ3n) is 3.20. The zero-order valence-electron chi connectivity index (χ0n) is 9.81. The molecule has 0 bridgehead atoms. The topological polar surface area (TPSA) is 66.4 Å². The summed E-state index contributed by atoms with van der Waals surface area (Å²) in [7, 11) is -3.28. The van der Waals surface area contributed by atoms with Crippen molar-refractivity contribution in [2.45, 2.75) is 37.9 Å². The average Bonchev–Trinajstić information content (AvgIpc) is 2.76. The quantitative estimate of drug-likeness (QED) is 0.815. The molecule has 0 aromatic heterocycles. The summed E-state index contributed by atoms with van der Waals surface area (Å²) < 4.78 is 26.7. The van der Waals surface area contributed by atoms with Crippen LogP contribution in [0.4, 0.5) is 5.69 Å². The van der Waals surface area contributed by atoms with E-state index in [-0.39, 0.29) is 11.0 Å².